The van der Waals surface area contributed by atoms with Gasteiger partial charge >= 0.3 is 0 Å². The van der Waals surface area contributed by atoms with Crippen LogP contribution in [0.3, 0.4) is 0 Å². The summed E-state index contributed by atoms with van der Waals surface area (Å²) < 4.78 is 5.85. The summed E-state index contributed by atoms with van der Waals surface area (Å²) in [5.74, 6) is 0.145. The van der Waals surface area contributed by atoms with Crippen molar-refractivity contribution in [3.63, 3.8) is 0 Å². The molecule has 0 N–H and O–H groups in total. The number of fused-ring (bicyclic) bond motifs is 3. The van der Waals surface area contributed by atoms with Gasteiger partial charge in [0.15, 0.2) is 8.07 Å². The molecule has 2 aromatic rings. The van der Waals surface area contributed by atoms with Gasteiger partial charge in [-0.25, -0.2) is 0 Å². The van der Waals surface area contributed by atoms with Crippen molar-refractivity contribution in [3.8, 4) is 11.1 Å². The molecule has 0 saturated heterocycles. The summed E-state index contributed by atoms with van der Waals surface area (Å²) in [5, 5.41) is -0.00439. The van der Waals surface area contributed by atoms with E-state index >= 15 is 0 Å². The predicted octanol–water partition coefficient (Wildman–Crippen LogP) is 6.03. The van der Waals surface area contributed by atoms with Gasteiger partial charge < -0.3 is 4.74 Å². The molecule has 0 bridgehead atoms. The summed E-state index contributed by atoms with van der Waals surface area (Å²) in [5.41, 5.74) is 5.07. The number of hydrogen-bond acceptors (Lipinski definition) is 2. The van der Waals surface area contributed by atoms with Crippen LogP contribution >= 0.6 is 0 Å². The second-order valence-corrected chi connectivity index (χ2v) is 13.4. The van der Waals surface area contributed by atoms with Crippen LogP contribution in [-0.4, -0.2) is 20.3 Å². The molecule has 0 spiro atoms. The van der Waals surface area contributed by atoms with Crippen molar-refractivity contribution in [1.29, 1.82) is 0 Å². The highest BCUT2D eigenvalue weighted by atomic mass is 28.3. The van der Waals surface area contributed by atoms with Crippen molar-refractivity contribution in [2.24, 2.45) is 0 Å². The molecule has 2 nitrogen and oxygen atoms in total. The van der Waals surface area contributed by atoms with E-state index in [4.69, 9.17) is 4.74 Å². The van der Waals surface area contributed by atoms with E-state index in [2.05, 4.69) is 82.4 Å². The van der Waals surface area contributed by atoms with Crippen molar-refractivity contribution in [1.82, 2.24) is 0 Å². The topological polar surface area (TPSA) is 26.3 Å². The van der Waals surface area contributed by atoms with Crippen LogP contribution in [0, 0.1) is 0 Å². The fourth-order valence-electron chi connectivity index (χ4n) is 3.09. The van der Waals surface area contributed by atoms with Crippen LogP contribution in [-0.2, 0) is 4.74 Å². The minimum atomic E-state index is -2.12. The summed E-state index contributed by atoms with van der Waals surface area (Å²) in [6, 6.07) is 16.9. The molecule has 1 aliphatic rings. The first-order chi connectivity index (χ1) is 11.2. The van der Waals surface area contributed by atoms with Crippen LogP contribution in [0.25, 0.3) is 11.1 Å². The van der Waals surface area contributed by atoms with Crippen molar-refractivity contribution >= 4 is 13.7 Å². The molecule has 0 atom stereocenters. The highest BCUT2D eigenvalue weighted by Crippen LogP contribution is 2.45. The maximum atomic E-state index is 12.7. The lowest BCUT2D eigenvalue weighted by molar-refractivity contribution is 0.166. The number of benzene rings is 2. The monoisotopic (exact) mass is 338 g/mol. The van der Waals surface area contributed by atoms with Crippen LogP contribution < -0.4 is 0 Å². The van der Waals surface area contributed by atoms with Crippen molar-refractivity contribution in [3.05, 3.63) is 59.7 Å². The van der Waals surface area contributed by atoms with E-state index in [1.54, 1.807) is 0 Å². The summed E-state index contributed by atoms with van der Waals surface area (Å²) in [6.07, 6.45) is 0. The zero-order chi connectivity index (χ0) is 17.5. The van der Waals surface area contributed by atoms with Gasteiger partial charge in [0.2, 0.25) is 0 Å². The smallest absolute Gasteiger partial charge is 0.271 e. The second kappa shape index (κ2) is 5.89. The number of rotatable bonds is 3. The third kappa shape index (κ3) is 2.71. The average Bonchev–Trinajstić information content (AvgIpc) is 2.85. The van der Waals surface area contributed by atoms with Crippen molar-refractivity contribution in [2.45, 2.75) is 44.8 Å². The lowest BCUT2D eigenvalue weighted by atomic mass is 9.98. The molecule has 0 fully saturated rings. The van der Waals surface area contributed by atoms with Gasteiger partial charge in [0.25, 0.3) is 5.59 Å². The highest BCUT2D eigenvalue weighted by molar-refractivity contribution is 7.05. The molecule has 0 aliphatic heterocycles. The zero-order valence-electron chi connectivity index (χ0n) is 15.2. The van der Waals surface area contributed by atoms with E-state index in [-0.39, 0.29) is 16.5 Å². The molecule has 24 heavy (non-hydrogen) atoms. The Balaban J connectivity index is 1.85. The molecule has 0 amide bonds. The summed E-state index contributed by atoms with van der Waals surface area (Å²) in [7, 11) is -2.12. The Kier molecular flexibility index (Phi) is 4.16. The van der Waals surface area contributed by atoms with Crippen LogP contribution in [0.15, 0.2) is 48.5 Å². The predicted molar refractivity (Wildman–Crippen MR) is 102 cm³/mol. The Morgan fingerprint density at radius 2 is 1.42 bits per heavy atom. The molecule has 1 aliphatic carbocycles. The fourth-order valence-corrected chi connectivity index (χ4v) is 4.14. The lowest BCUT2D eigenvalue weighted by Crippen LogP contribution is -2.46. The normalized spacial score (nSPS) is 14.2. The lowest BCUT2D eigenvalue weighted by Gasteiger charge is -2.34. The van der Waals surface area contributed by atoms with E-state index < -0.39 is 8.07 Å². The number of hydrogen-bond donors (Lipinski definition) is 0. The summed E-state index contributed by atoms with van der Waals surface area (Å²) in [6.45, 7) is 11.1. The van der Waals surface area contributed by atoms with Gasteiger partial charge in [-0.15, -0.1) is 0 Å². The van der Waals surface area contributed by atoms with Crippen LogP contribution in [0.2, 0.25) is 18.1 Å². The van der Waals surface area contributed by atoms with Crippen molar-refractivity contribution < 1.29 is 9.53 Å². The first-order valence-electron chi connectivity index (χ1n) is 8.59. The molecule has 0 aromatic heterocycles. The molecule has 0 radical (unpaired) electrons. The number of ether oxygens (including phenoxy) is 1. The van der Waals surface area contributed by atoms with E-state index in [1.807, 2.05) is 0 Å². The third-order valence-corrected chi connectivity index (χ3v) is 10.6. The first kappa shape index (κ1) is 17.0. The van der Waals surface area contributed by atoms with Crippen LogP contribution in [0.5, 0.6) is 0 Å². The summed E-state index contributed by atoms with van der Waals surface area (Å²) in [4.78, 5) is 12.7. The largest absolute Gasteiger partial charge is 0.469 e. The quantitative estimate of drug-likeness (QED) is 0.639. The van der Waals surface area contributed by atoms with Gasteiger partial charge in [-0.3, -0.25) is 4.79 Å². The first-order valence-corrected chi connectivity index (χ1v) is 11.6. The Morgan fingerprint density at radius 3 is 1.88 bits per heavy atom. The Bertz CT molecular complexity index is 726. The molecule has 0 saturated carbocycles. The van der Waals surface area contributed by atoms with Crippen LogP contribution in [0.1, 0.15) is 37.8 Å². The SMILES string of the molecule is CC(C)(C)[Si](C)(C)C(=O)OCC1c2ccccc2-c2ccccc21. The van der Waals surface area contributed by atoms with Crippen LogP contribution in [0.4, 0.5) is 4.79 Å². The molecule has 2 aromatic carbocycles. The standard InChI is InChI=1S/C21H26O2Si/c1-21(2,3)24(4,5)20(22)23-14-19-17-12-8-6-10-15(17)16-11-7-9-13-18(16)19/h6-13,19H,14H2,1-5H3. The average molecular weight is 339 g/mol. The Labute approximate surface area is 145 Å². The fraction of sp³-hybridized carbons (Fsp3) is 0.381. The molecule has 126 valence electrons. The second-order valence-electron chi connectivity index (χ2n) is 8.20. The minimum absolute atomic E-state index is 0.00439. The zero-order valence-corrected chi connectivity index (χ0v) is 16.2. The number of carbonyl (C=O) groups is 1. The van der Waals surface area contributed by atoms with E-state index in [0.717, 1.165) is 0 Å². The number of carbonyl (C=O) groups excluding carboxylic acids is 1. The van der Waals surface area contributed by atoms with E-state index in [1.165, 1.54) is 22.3 Å². The molecule has 3 rings (SSSR count). The molecule has 0 unspecified atom stereocenters. The Morgan fingerprint density at radius 1 is 0.958 bits per heavy atom. The maximum absolute atomic E-state index is 12.7. The summed E-state index contributed by atoms with van der Waals surface area (Å²) >= 11 is 0. The van der Waals surface area contributed by atoms with Crippen molar-refractivity contribution in [2.75, 3.05) is 6.61 Å². The minimum Gasteiger partial charge on any atom is -0.469 e. The van der Waals surface area contributed by atoms with E-state index in [9.17, 15) is 4.79 Å². The van der Waals surface area contributed by atoms with E-state index in [0.29, 0.717) is 6.61 Å². The maximum Gasteiger partial charge on any atom is 0.271 e. The van der Waals surface area contributed by atoms with Gasteiger partial charge in [-0.1, -0.05) is 82.4 Å². The van der Waals surface area contributed by atoms with Gasteiger partial charge in [0, 0.05) is 5.92 Å². The Hall–Kier alpha value is -1.87. The molecule has 3 heteroatoms. The van der Waals surface area contributed by atoms with Gasteiger partial charge in [0.1, 0.15) is 6.61 Å². The molecular weight excluding hydrogens is 312 g/mol. The third-order valence-electron chi connectivity index (χ3n) is 5.73. The van der Waals surface area contributed by atoms with Gasteiger partial charge in [0.05, 0.1) is 0 Å². The van der Waals surface area contributed by atoms with Gasteiger partial charge in [-0.05, 0) is 27.3 Å². The highest BCUT2D eigenvalue weighted by Gasteiger charge is 2.44. The molecular formula is C21H26O2Si. The molecule has 0 heterocycles. The van der Waals surface area contributed by atoms with Gasteiger partial charge in [-0.2, -0.15) is 0 Å².